The normalized spacial score (nSPS) is 28.4. The first-order valence-electron chi connectivity index (χ1n) is 6.63. The third-order valence-corrected chi connectivity index (χ3v) is 5.03. The number of ketones is 1. The van der Waals surface area contributed by atoms with Gasteiger partial charge in [0.25, 0.3) is 0 Å². The van der Waals surface area contributed by atoms with Crippen molar-refractivity contribution in [3.8, 4) is 0 Å². The van der Waals surface area contributed by atoms with E-state index in [0.29, 0.717) is 17.6 Å². The van der Waals surface area contributed by atoms with Crippen LogP contribution in [-0.4, -0.2) is 5.78 Å². The van der Waals surface area contributed by atoms with E-state index < -0.39 is 0 Å². The van der Waals surface area contributed by atoms with Gasteiger partial charge < -0.3 is 0 Å². The smallest absolute Gasteiger partial charge is 0.162 e. The summed E-state index contributed by atoms with van der Waals surface area (Å²) in [5.41, 5.74) is 1.07. The van der Waals surface area contributed by atoms with E-state index in [1.54, 1.807) is 11.3 Å². The van der Waals surface area contributed by atoms with E-state index in [2.05, 4.69) is 17.5 Å². The SMILES string of the molecule is O=C1C(=Cc2cccs2)CCC1C1CCCC1. The first-order valence-corrected chi connectivity index (χ1v) is 7.51. The molecule has 2 aliphatic carbocycles. The summed E-state index contributed by atoms with van der Waals surface area (Å²) in [5.74, 6) is 1.49. The zero-order valence-corrected chi connectivity index (χ0v) is 10.8. The van der Waals surface area contributed by atoms with E-state index in [-0.39, 0.29) is 0 Å². The summed E-state index contributed by atoms with van der Waals surface area (Å²) in [7, 11) is 0. The minimum atomic E-state index is 0.351. The Labute approximate surface area is 107 Å². The number of hydrogen-bond donors (Lipinski definition) is 0. The summed E-state index contributed by atoms with van der Waals surface area (Å²) in [6.45, 7) is 0. The Bertz CT molecular complexity index is 424. The van der Waals surface area contributed by atoms with Crippen LogP contribution in [-0.2, 0) is 4.79 Å². The lowest BCUT2D eigenvalue weighted by Gasteiger charge is -2.15. The number of carbonyl (C=O) groups excluding carboxylic acids is 1. The summed E-state index contributed by atoms with van der Waals surface area (Å²) in [6.07, 6.45) is 9.43. The van der Waals surface area contributed by atoms with Crippen LogP contribution in [0.25, 0.3) is 6.08 Å². The minimum absolute atomic E-state index is 0.351. The number of allylic oxidation sites excluding steroid dienone is 1. The largest absolute Gasteiger partial charge is 0.294 e. The highest BCUT2D eigenvalue weighted by molar-refractivity contribution is 7.10. The third kappa shape index (κ3) is 2.23. The lowest BCUT2D eigenvalue weighted by molar-refractivity contribution is -0.119. The van der Waals surface area contributed by atoms with E-state index in [9.17, 15) is 4.79 Å². The highest BCUT2D eigenvalue weighted by Gasteiger charge is 2.36. The highest BCUT2D eigenvalue weighted by atomic mass is 32.1. The second-order valence-corrected chi connectivity index (χ2v) is 6.22. The van der Waals surface area contributed by atoms with Gasteiger partial charge in [0.1, 0.15) is 0 Å². The van der Waals surface area contributed by atoms with E-state index in [4.69, 9.17) is 0 Å². The van der Waals surface area contributed by atoms with Gasteiger partial charge in [-0.25, -0.2) is 0 Å². The molecule has 2 saturated carbocycles. The number of Topliss-reactive ketones (excluding diaryl/α,β-unsaturated/α-hetero) is 1. The maximum atomic E-state index is 12.4. The average Bonchev–Trinajstić information content (AvgIpc) is 3.03. The molecule has 2 fully saturated rings. The molecule has 0 bridgehead atoms. The Morgan fingerprint density at radius 2 is 2.06 bits per heavy atom. The molecule has 0 aliphatic heterocycles. The van der Waals surface area contributed by atoms with Crippen molar-refractivity contribution in [2.45, 2.75) is 38.5 Å². The van der Waals surface area contributed by atoms with Crippen molar-refractivity contribution in [3.05, 3.63) is 28.0 Å². The maximum Gasteiger partial charge on any atom is 0.162 e. The van der Waals surface area contributed by atoms with E-state index in [0.717, 1.165) is 18.4 Å². The average molecular weight is 246 g/mol. The monoisotopic (exact) mass is 246 g/mol. The number of hydrogen-bond acceptors (Lipinski definition) is 2. The van der Waals surface area contributed by atoms with Crippen molar-refractivity contribution in [2.24, 2.45) is 11.8 Å². The summed E-state index contributed by atoms with van der Waals surface area (Å²) in [5, 5.41) is 2.07. The summed E-state index contributed by atoms with van der Waals surface area (Å²) in [6, 6.07) is 4.14. The zero-order chi connectivity index (χ0) is 11.7. The fraction of sp³-hybridized carbons (Fsp3) is 0.533. The first-order chi connectivity index (χ1) is 8.34. The molecule has 2 aliphatic rings. The lowest BCUT2D eigenvalue weighted by atomic mass is 9.88. The molecule has 2 heteroatoms. The van der Waals surface area contributed by atoms with E-state index in [1.165, 1.54) is 30.6 Å². The Balaban J connectivity index is 1.75. The second-order valence-electron chi connectivity index (χ2n) is 5.24. The maximum absolute atomic E-state index is 12.4. The van der Waals surface area contributed by atoms with Gasteiger partial charge in [-0.15, -0.1) is 11.3 Å². The molecule has 1 heterocycles. The quantitative estimate of drug-likeness (QED) is 0.711. The van der Waals surface area contributed by atoms with Gasteiger partial charge in [-0.2, -0.15) is 0 Å². The van der Waals surface area contributed by atoms with Crippen LogP contribution in [0.3, 0.4) is 0 Å². The molecule has 17 heavy (non-hydrogen) atoms. The summed E-state index contributed by atoms with van der Waals surface area (Å²) < 4.78 is 0. The molecule has 0 radical (unpaired) electrons. The second kappa shape index (κ2) is 4.77. The van der Waals surface area contributed by atoms with Crippen LogP contribution in [0.4, 0.5) is 0 Å². The minimum Gasteiger partial charge on any atom is -0.294 e. The van der Waals surface area contributed by atoms with Gasteiger partial charge in [-0.05, 0) is 54.7 Å². The van der Waals surface area contributed by atoms with Crippen LogP contribution in [0.1, 0.15) is 43.4 Å². The molecule has 1 unspecified atom stereocenters. The molecule has 0 amide bonds. The Hall–Kier alpha value is -0.890. The van der Waals surface area contributed by atoms with Gasteiger partial charge in [0.15, 0.2) is 5.78 Å². The fourth-order valence-corrected chi connectivity index (χ4v) is 3.98. The molecule has 1 aromatic heterocycles. The Morgan fingerprint density at radius 3 is 2.76 bits per heavy atom. The lowest BCUT2D eigenvalue weighted by Crippen LogP contribution is -2.16. The standard InChI is InChI=1S/C15H18OS/c16-15-12(10-13-6-3-9-17-13)7-8-14(15)11-4-1-2-5-11/h3,6,9-11,14H,1-2,4-5,7-8H2. The van der Waals surface area contributed by atoms with Crippen LogP contribution in [0.5, 0.6) is 0 Å². The van der Waals surface area contributed by atoms with Crippen molar-refractivity contribution in [2.75, 3.05) is 0 Å². The van der Waals surface area contributed by atoms with Crippen LogP contribution in [0.15, 0.2) is 23.1 Å². The molecular weight excluding hydrogens is 228 g/mol. The molecule has 0 spiro atoms. The van der Waals surface area contributed by atoms with Crippen molar-refractivity contribution < 1.29 is 4.79 Å². The summed E-state index contributed by atoms with van der Waals surface area (Å²) >= 11 is 1.72. The zero-order valence-electron chi connectivity index (χ0n) is 10.0. The molecule has 1 nitrogen and oxygen atoms in total. The predicted molar refractivity (Wildman–Crippen MR) is 72.0 cm³/mol. The molecule has 1 aromatic rings. The van der Waals surface area contributed by atoms with Crippen LogP contribution in [0.2, 0.25) is 0 Å². The van der Waals surface area contributed by atoms with Crippen molar-refractivity contribution >= 4 is 23.2 Å². The molecule has 3 rings (SSSR count). The number of rotatable bonds is 2. The molecular formula is C15H18OS. The molecule has 90 valence electrons. The van der Waals surface area contributed by atoms with Crippen molar-refractivity contribution in [1.82, 2.24) is 0 Å². The van der Waals surface area contributed by atoms with Crippen molar-refractivity contribution in [1.29, 1.82) is 0 Å². The van der Waals surface area contributed by atoms with Gasteiger partial charge >= 0.3 is 0 Å². The molecule has 0 N–H and O–H groups in total. The predicted octanol–water partition coefficient (Wildman–Crippen LogP) is 4.30. The molecule has 1 atom stereocenters. The molecule has 0 aromatic carbocycles. The number of carbonyl (C=O) groups is 1. The molecule has 0 saturated heterocycles. The Morgan fingerprint density at radius 1 is 1.24 bits per heavy atom. The van der Waals surface area contributed by atoms with Crippen molar-refractivity contribution in [3.63, 3.8) is 0 Å². The van der Waals surface area contributed by atoms with Crippen LogP contribution in [0, 0.1) is 11.8 Å². The highest BCUT2D eigenvalue weighted by Crippen LogP contribution is 2.40. The number of thiophene rings is 1. The topological polar surface area (TPSA) is 17.1 Å². The van der Waals surface area contributed by atoms with Gasteiger partial charge in [0.05, 0.1) is 0 Å². The van der Waals surface area contributed by atoms with Gasteiger partial charge in [-0.3, -0.25) is 4.79 Å². The van der Waals surface area contributed by atoms with Gasteiger partial charge in [-0.1, -0.05) is 18.9 Å². The Kier molecular flexibility index (Phi) is 3.15. The summed E-state index contributed by atoms with van der Waals surface area (Å²) in [4.78, 5) is 13.6. The first kappa shape index (κ1) is 11.2. The van der Waals surface area contributed by atoms with E-state index in [1.807, 2.05) is 6.07 Å². The third-order valence-electron chi connectivity index (χ3n) is 4.21. The van der Waals surface area contributed by atoms with Crippen LogP contribution < -0.4 is 0 Å². The van der Waals surface area contributed by atoms with Crippen LogP contribution >= 0.6 is 11.3 Å². The van der Waals surface area contributed by atoms with E-state index >= 15 is 0 Å². The van der Waals surface area contributed by atoms with Gasteiger partial charge in [0, 0.05) is 10.8 Å². The van der Waals surface area contributed by atoms with Gasteiger partial charge in [0.2, 0.25) is 0 Å². The fourth-order valence-electron chi connectivity index (χ4n) is 3.30.